The third kappa shape index (κ3) is 11.4. The van der Waals surface area contributed by atoms with E-state index in [1.807, 2.05) is 47.8 Å². The second-order valence-corrected chi connectivity index (χ2v) is 12.7. The van der Waals surface area contributed by atoms with Gasteiger partial charge >= 0.3 is 0 Å². The Hall–Kier alpha value is -0.610. The van der Waals surface area contributed by atoms with E-state index in [2.05, 4.69) is 13.8 Å². The van der Waals surface area contributed by atoms with Crippen molar-refractivity contribution in [2.24, 2.45) is 0 Å². The summed E-state index contributed by atoms with van der Waals surface area (Å²) in [5.41, 5.74) is 2.34. The highest BCUT2D eigenvalue weighted by molar-refractivity contribution is 7.98. The molecule has 0 heterocycles. The highest BCUT2D eigenvalue weighted by Crippen LogP contribution is 2.16. The molecule has 0 aliphatic carbocycles. The molecule has 0 aliphatic heterocycles. The molecule has 0 aliphatic rings. The van der Waals surface area contributed by atoms with Crippen molar-refractivity contribution < 1.29 is 16.8 Å². The predicted octanol–water partition coefficient (Wildman–Crippen LogP) is 4.80. The zero-order valence-electron chi connectivity index (χ0n) is 17.2. The van der Waals surface area contributed by atoms with Crippen LogP contribution in [0, 0.1) is 0 Å². The molecule has 0 bridgehead atoms. The van der Waals surface area contributed by atoms with Crippen molar-refractivity contribution in [1.29, 1.82) is 0 Å². The Balaban J connectivity index is 0.000000523. The molecular weight excluding hydrogens is 465 g/mol. The Bertz CT molecular complexity index is 840. The smallest absolute Gasteiger partial charge is 0.175 e. The van der Waals surface area contributed by atoms with Gasteiger partial charge in [0.25, 0.3) is 0 Å². The number of hydrogen-bond donors (Lipinski definition) is 0. The molecule has 0 amide bonds. The van der Waals surface area contributed by atoms with Crippen LogP contribution in [0.4, 0.5) is 0 Å². The minimum Gasteiger partial charge on any atom is -0.224 e. The van der Waals surface area contributed by atoms with Crippen molar-refractivity contribution >= 4 is 56.7 Å². The first-order chi connectivity index (χ1) is 13.1. The summed E-state index contributed by atoms with van der Waals surface area (Å²) in [6, 6.07) is 14.2. The molecule has 2 aromatic rings. The van der Waals surface area contributed by atoms with Gasteiger partial charge in [0.1, 0.15) is 0 Å². The molecule has 4 nitrogen and oxygen atoms in total. The van der Waals surface area contributed by atoms with Gasteiger partial charge in [-0.15, -0.1) is 0 Å². The summed E-state index contributed by atoms with van der Waals surface area (Å²) in [5, 5.41) is 0. The van der Waals surface area contributed by atoms with E-state index in [1.54, 1.807) is 24.3 Å². The summed E-state index contributed by atoms with van der Waals surface area (Å²) in [6.07, 6.45) is 2.45. The van der Waals surface area contributed by atoms with Crippen LogP contribution in [0.1, 0.15) is 25.0 Å². The quantitative estimate of drug-likeness (QED) is 0.525. The monoisotopic (exact) mass is 494 g/mol. The Kier molecular flexibility index (Phi) is 13.4. The topological polar surface area (TPSA) is 68.3 Å². The molecule has 0 fully saturated rings. The molecule has 0 aromatic heterocycles. The maximum atomic E-state index is 11.2. The van der Waals surface area contributed by atoms with E-state index in [0.717, 1.165) is 23.0 Å². The van der Waals surface area contributed by atoms with E-state index in [-0.39, 0.29) is 13.5 Å². The maximum absolute atomic E-state index is 11.2. The van der Waals surface area contributed by atoms with Crippen LogP contribution >= 0.6 is 37.0 Å². The second-order valence-electron chi connectivity index (χ2n) is 6.11. The Morgan fingerprint density at radius 1 is 0.621 bits per heavy atom. The summed E-state index contributed by atoms with van der Waals surface area (Å²) < 4.78 is 44.6. The summed E-state index contributed by atoms with van der Waals surface area (Å²) in [6.45, 7) is 4.21. The molecule has 0 radical (unpaired) electrons. The van der Waals surface area contributed by atoms with Crippen molar-refractivity contribution in [2.45, 2.75) is 35.1 Å². The van der Waals surface area contributed by atoms with Crippen LogP contribution in [-0.2, 0) is 31.2 Å². The molecule has 0 spiro atoms. The van der Waals surface area contributed by atoms with Crippen LogP contribution < -0.4 is 0 Å². The lowest BCUT2D eigenvalue weighted by atomic mass is 10.2. The number of sulfone groups is 2. The molecule has 0 atom stereocenters. The minimum atomic E-state index is -3.05. The largest absolute Gasteiger partial charge is 0.224 e. The number of thioether (sulfide) groups is 2. The lowest BCUT2D eigenvalue weighted by Gasteiger charge is -2.01. The summed E-state index contributed by atoms with van der Waals surface area (Å²) in [4.78, 5) is 0.783. The van der Waals surface area contributed by atoms with Crippen LogP contribution in [0.25, 0.3) is 0 Å². The first kappa shape index (κ1) is 28.4. The molecular formula is C20H30O4S5. The molecule has 0 saturated heterocycles. The average molecular weight is 495 g/mol. The SMILES string of the molecule is CCSCc1ccc(S(C)(=O)=O)cc1.CCSCc1ccc(S(C)(=O)=O)cc1.S. The van der Waals surface area contributed by atoms with E-state index < -0.39 is 19.7 Å². The number of benzene rings is 2. The van der Waals surface area contributed by atoms with Crippen molar-refractivity contribution in [1.82, 2.24) is 0 Å². The normalized spacial score (nSPS) is 11.2. The van der Waals surface area contributed by atoms with Crippen molar-refractivity contribution in [2.75, 3.05) is 24.0 Å². The fourth-order valence-corrected chi connectivity index (χ4v) is 4.63. The molecule has 164 valence electrons. The zero-order chi connectivity index (χ0) is 21.2. The van der Waals surface area contributed by atoms with Crippen LogP contribution in [0.2, 0.25) is 0 Å². The van der Waals surface area contributed by atoms with Gasteiger partial charge in [-0.05, 0) is 46.9 Å². The standard InChI is InChI=1S/2C10H14O2S2.H2S/c2*1-3-13-8-9-4-6-10(7-5-9)14(2,11)12;/h2*4-7H,3,8H2,1-2H3;1H2. The van der Waals surface area contributed by atoms with Gasteiger partial charge in [-0.3, -0.25) is 0 Å². The third-order valence-electron chi connectivity index (χ3n) is 3.65. The highest BCUT2D eigenvalue weighted by Gasteiger charge is 2.06. The molecule has 0 N–H and O–H groups in total. The van der Waals surface area contributed by atoms with Gasteiger partial charge in [0.15, 0.2) is 19.7 Å². The van der Waals surface area contributed by atoms with E-state index in [1.165, 1.54) is 23.6 Å². The molecule has 2 aromatic carbocycles. The van der Waals surface area contributed by atoms with E-state index in [9.17, 15) is 16.8 Å². The van der Waals surface area contributed by atoms with Gasteiger partial charge in [0, 0.05) is 24.0 Å². The number of rotatable bonds is 8. The molecule has 9 heteroatoms. The molecule has 29 heavy (non-hydrogen) atoms. The number of hydrogen-bond acceptors (Lipinski definition) is 6. The molecule has 0 saturated carbocycles. The summed E-state index contributed by atoms with van der Waals surface area (Å²) >= 11 is 3.65. The maximum Gasteiger partial charge on any atom is 0.175 e. The first-order valence-electron chi connectivity index (χ1n) is 8.81. The minimum absolute atomic E-state index is 0. The van der Waals surface area contributed by atoms with E-state index >= 15 is 0 Å². The second kappa shape index (κ2) is 13.6. The van der Waals surface area contributed by atoms with Crippen LogP contribution in [0.15, 0.2) is 58.3 Å². The van der Waals surface area contributed by atoms with Crippen molar-refractivity contribution in [3.05, 3.63) is 59.7 Å². The van der Waals surface area contributed by atoms with Crippen molar-refractivity contribution in [3.63, 3.8) is 0 Å². The van der Waals surface area contributed by atoms with E-state index in [4.69, 9.17) is 0 Å². The van der Waals surface area contributed by atoms with Crippen molar-refractivity contribution in [3.8, 4) is 0 Å². The van der Waals surface area contributed by atoms with Crippen LogP contribution in [0.3, 0.4) is 0 Å². The molecule has 0 unspecified atom stereocenters. The summed E-state index contributed by atoms with van der Waals surface area (Å²) in [5.74, 6) is 4.04. The molecule has 2 rings (SSSR count). The fourth-order valence-electron chi connectivity index (χ4n) is 2.11. The lowest BCUT2D eigenvalue weighted by Crippen LogP contribution is -1.96. The predicted molar refractivity (Wildman–Crippen MR) is 133 cm³/mol. The summed E-state index contributed by atoms with van der Waals surface area (Å²) in [7, 11) is -6.09. The Morgan fingerprint density at radius 3 is 1.10 bits per heavy atom. The fraction of sp³-hybridized carbons (Fsp3) is 0.400. The van der Waals surface area contributed by atoms with Gasteiger partial charge in [-0.25, -0.2) is 16.8 Å². The van der Waals surface area contributed by atoms with Gasteiger partial charge in [0.05, 0.1) is 9.79 Å². The lowest BCUT2D eigenvalue weighted by molar-refractivity contribution is 0.600. The van der Waals surface area contributed by atoms with Gasteiger partial charge in [-0.1, -0.05) is 38.1 Å². The third-order valence-corrected chi connectivity index (χ3v) is 7.80. The Labute approximate surface area is 191 Å². The Morgan fingerprint density at radius 2 is 0.897 bits per heavy atom. The van der Waals surface area contributed by atoms with Crippen LogP contribution in [-0.4, -0.2) is 40.9 Å². The van der Waals surface area contributed by atoms with Crippen LogP contribution in [0.5, 0.6) is 0 Å². The average Bonchev–Trinajstić information content (AvgIpc) is 2.64. The van der Waals surface area contributed by atoms with Gasteiger partial charge < -0.3 is 0 Å². The van der Waals surface area contributed by atoms with Gasteiger partial charge in [-0.2, -0.15) is 37.0 Å². The first-order valence-corrected chi connectivity index (χ1v) is 14.9. The zero-order valence-corrected chi connectivity index (χ0v) is 21.5. The van der Waals surface area contributed by atoms with Gasteiger partial charge in [0.2, 0.25) is 0 Å². The van der Waals surface area contributed by atoms with E-state index in [0.29, 0.717) is 9.79 Å². The highest BCUT2D eigenvalue weighted by atomic mass is 32.2.